The van der Waals surface area contributed by atoms with Crippen molar-refractivity contribution in [2.24, 2.45) is 0 Å². The Balaban J connectivity index is 0.000000142. The molecule has 3 amide bonds. The Hall–Kier alpha value is -8.51. The number of phenolic OH excluding ortho intramolecular Hbond substituents is 4. The van der Waals surface area contributed by atoms with E-state index in [1.54, 1.807) is 72.8 Å². The molecule has 12 nitrogen and oxygen atoms in total. The molecule has 9 aromatic rings. The molecular weight excluding hydrogens is 795 g/mol. The van der Waals surface area contributed by atoms with Crippen LogP contribution in [0.1, 0.15) is 53.6 Å². The molecule has 2 aromatic heterocycles. The Bertz CT molecular complexity index is 3130. The molecule has 0 bridgehead atoms. The maximum atomic E-state index is 12.3. The van der Waals surface area contributed by atoms with E-state index in [0.29, 0.717) is 29.0 Å². The summed E-state index contributed by atoms with van der Waals surface area (Å²) in [5.41, 5.74) is 8.59. The van der Waals surface area contributed by atoms with Crippen molar-refractivity contribution in [3.8, 4) is 23.0 Å². The average molecular weight is 840 g/mol. The molecule has 0 atom stereocenters. The predicted octanol–water partition coefficient (Wildman–Crippen LogP) is 10.4. The van der Waals surface area contributed by atoms with Gasteiger partial charge in [0.2, 0.25) is 0 Å². The molecule has 0 saturated heterocycles. The zero-order chi connectivity index (χ0) is 44.6. The van der Waals surface area contributed by atoms with Crippen LogP contribution in [0.5, 0.6) is 23.0 Å². The summed E-state index contributed by atoms with van der Waals surface area (Å²) in [5.74, 6) is -0.376. The second-order valence-electron chi connectivity index (χ2n) is 15.1. The lowest BCUT2D eigenvalue weighted by Crippen LogP contribution is -2.23. The van der Waals surface area contributed by atoms with Crippen molar-refractivity contribution in [2.45, 2.75) is 27.3 Å². The summed E-state index contributed by atoms with van der Waals surface area (Å²) in [5, 5.41) is 49.9. The summed E-state index contributed by atoms with van der Waals surface area (Å²) in [6.45, 7) is 6.42. The van der Waals surface area contributed by atoms with Crippen molar-refractivity contribution in [1.82, 2.24) is 15.3 Å². The summed E-state index contributed by atoms with van der Waals surface area (Å²) in [6.07, 6.45) is 0. The van der Waals surface area contributed by atoms with E-state index >= 15 is 0 Å². The molecule has 0 fully saturated rings. The molecule has 0 saturated carbocycles. The molecule has 0 aliphatic carbocycles. The van der Waals surface area contributed by atoms with E-state index < -0.39 is 0 Å². The number of carbonyl (C=O) groups excluding carboxylic acids is 3. The van der Waals surface area contributed by atoms with E-state index in [2.05, 4.69) is 25.9 Å². The number of rotatable bonds is 7. The van der Waals surface area contributed by atoms with Crippen LogP contribution in [0, 0.1) is 20.8 Å². The summed E-state index contributed by atoms with van der Waals surface area (Å²) >= 11 is 0. The standard InChI is InChI=1S/C18H15NO3.C17H16N2O2.C16H14N2O2/c1-11-3-2-4-14(7-11)19-18(22)16-9-12-5-6-15(20)8-13(12)10-17(16)21;1-11-3-2-4-12(7-11)10-18-17(21)16-9-13-8-14(20)5-6-15(13)19-16;1-10-3-2-4-12(7-10)17-16(20)15-9-11-8-13(19)5-6-14(11)18-15/h2-10,20-21H,1H3,(H,19,22);2-9,19-20H,10H2,1H3,(H,18,21);2-9,18-19H,1H3,(H,17,20). The van der Waals surface area contributed by atoms with Crippen LogP contribution in [0.3, 0.4) is 0 Å². The summed E-state index contributed by atoms with van der Waals surface area (Å²) < 4.78 is 0. The van der Waals surface area contributed by atoms with Gasteiger partial charge in [-0.25, -0.2) is 0 Å². The number of carbonyl (C=O) groups is 3. The topological polar surface area (TPSA) is 200 Å². The van der Waals surface area contributed by atoms with E-state index in [9.17, 15) is 34.8 Å². The fourth-order valence-electron chi connectivity index (χ4n) is 6.88. The van der Waals surface area contributed by atoms with Gasteiger partial charge in [-0.1, -0.05) is 60.2 Å². The highest BCUT2D eigenvalue weighted by atomic mass is 16.3. The van der Waals surface area contributed by atoms with Gasteiger partial charge in [0.05, 0.1) is 5.56 Å². The molecule has 0 radical (unpaired) electrons. The number of H-pyrrole nitrogens is 2. The first kappa shape index (κ1) is 42.6. The normalized spacial score (nSPS) is 10.7. The lowest BCUT2D eigenvalue weighted by atomic mass is 10.0. The van der Waals surface area contributed by atoms with Crippen molar-refractivity contribution in [2.75, 3.05) is 10.6 Å². The van der Waals surface area contributed by atoms with Crippen LogP contribution in [0.15, 0.2) is 152 Å². The van der Waals surface area contributed by atoms with Gasteiger partial charge >= 0.3 is 0 Å². The minimum Gasteiger partial charge on any atom is -0.508 e. The summed E-state index contributed by atoms with van der Waals surface area (Å²) in [7, 11) is 0. The lowest BCUT2D eigenvalue weighted by molar-refractivity contribution is 0.0945. The van der Waals surface area contributed by atoms with Gasteiger partial charge in [-0.2, -0.15) is 0 Å². The van der Waals surface area contributed by atoms with Crippen LogP contribution in [0.4, 0.5) is 11.4 Å². The number of anilines is 2. The van der Waals surface area contributed by atoms with E-state index in [1.807, 2.05) is 87.5 Å². The third-order valence-electron chi connectivity index (χ3n) is 9.97. The number of hydrogen-bond donors (Lipinski definition) is 9. The quantitative estimate of drug-likeness (QED) is 0.0760. The van der Waals surface area contributed by atoms with Crippen molar-refractivity contribution in [3.63, 3.8) is 0 Å². The Morgan fingerprint density at radius 3 is 1.51 bits per heavy atom. The van der Waals surface area contributed by atoms with Crippen molar-refractivity contribution in [3.05, 3.63) is 191 Å². The zero-order valence-corrected chi connectivity index (χ0v) is 34.7. The molecule has 12 heteroatoms. The van der Waals surface area contributed by atoms with Gasteiger partial charge in [-0.05, 0) is 145 Å². The third kappa shape index (κ3) is 11.0. The van der Waals surface area contributed by atoms with Gasteiger partial charge in [0.1, 0.15) is 34.4 Å². The van der Waals surface area contributed by atoms with E-state index in [0.717, 1.165) is 49.6 Å². The molecule has 316 valence electrons. The van der Waals surface area contributed by atoms with Crippen LogP contribution >= 0.6 is 0 Å². The Morgan fingerprint density at radius 2 is 0.952 bits per heavy atom. The van der Waals surface area contributed by atoms with Gasteiger partial charge in [0, 0.05) is 39.7 Å². The molecule has 9 rings (SSSR count). The van der Waals surface area contributed by atoms with Gasteiger partial charge < -0.3 is 46.3 Å². The molecule has 0 unspecified atom stereocenters. The number of fused-ring (bicyclic) bond motifs is 3. The van der Waals surface area contributed by atoms with Crippen molar-refractivity contribution >= 4 is 61.7 Å². The number of aromatic amines is 2. The number of hydrogen-bond acceptors (Lipinski definition) is 7. The first-order valence-corrected chi connectivity index (χ1v) is 20.0. The van der Waals surface area contributed by atoms with Crippen LogP contribution in [-0.2, 0) is 6.54 Å². The first-order chi connectivity index (χ1) is 30.3. The molecular formula is C51H45N5O7. The van der Waals surface area contributed by atoms with Crippen LogP contribution in [0.2, 0.25) is 0 Å². The molecule has 0 aliphatic rings. The maximum Gasteiger partial charge on any atom is 0.272 e. The number of aryl methyl sites for hydroxylation is 3. The molecule has 2 heterocycles. The predicted molar refractivity (Wildman–Crippen MR) is 248 cm³/mol. The highest BCUT2D eigenvalue weighted by Gasteiger charge is 2.14. The summed E-state index contributed by atoms with van der Waals surface area (Å²) in [6, 6.07) is 44.3. The molecule has 63 heavy (non-hydrogen) atoms. The Morgan fingerprint density at radius 1 is 0.460 bits per heavy atom. The van der Waals surface area contributed by atoms with Crippen LogP contribution in [0.25, 0.3) is 32.6 Å². The van der Waals surface area contributed by atoms with Gasteiger partial charge in [-0.3, -0.25) is 14.4 Å². The minimum atomic E-state index is -0.377. The SMILES string of the molecule is Cc1cccc(CNC(=O)c2cc3cc(O)ccc3[nH]2)c1.Cc1cccc(NC(=O)c2cc3cc(O)ccc3[nH]2)c1.Cc1cccc(NC(=O)c2cc3ccc(O)cc3cc2O)c1. The van der Waals surface area contributed by atoms with Crippen molar-refractivity contribution < 1.29 is 34.8 Å². The highest BCUT2D eigenvalue weighted by molar-refractivity contribution is 6.09. The third-order valence-corrected chi connectivity index (χ3v) is 9.97. The van der Waals surface area contributed by atoms with Gasteiger partial charge in [-0.15, -0.1) is 0 Å². The summed E-state index contributed by atoms with van der Waals surface area (Å²) in [4.78, 5) is 42.7. The van der Waals surface area contributed by atoms with E-state index in [4.69, 9.17) is 0 Å². The first-order valence-electron chi connectivity index (χ1n) is 20.0. The highest BCUT2D eigenvalue weighted by Crippen LogP contribution is 2.29. The number of nitrogens with one attached hydrogen (secondary N) is 5. The van der Waals surface area contributed by atoms with E-state index in [1.165, 1.54) is 17.7 Å². The van der Waals surface area contributed by atoms with Crippen LogP contribution < -0.4 is 16.0 Å². The maximum absolute atomic E-state index is 12.3. The minimum absolute atomic E-state index is 0.115. The van der Waals surface area contributed by atoms with Gasteiger partial charge in [0.15, 0.2) is 0 Å². The fourth-order valence-corrected chi connectivity index (χ4v) is 6.88. The monoisotopic (exact) mass is 839 g/mol. The molecule has 0 spiro atoms. The van der Waals surface area contributed by atoms with Crippen molar-refractivity contribution in [1.29, 1.82) is 0 Å². The number of phenols is 4. The Labute approximate surface area is 362 Å². The smallest absolute Gasteiger partial charge is 0.272 e. The second kappa shape index (κ2) is 18.8. The van der Waals surface area contributed by atoms with E-state index in [-0.39, 0.29) is 46.3 Å². The second-order valence-corrected chi connectivity index (χ2v) is 15.1. The molecule has 7 aromatic carbocycles. The number of aromatic hydroxyl groups is 4. The number of amides is 3. The van der Waals surface area contributed by atoms with Crippen LogP contribution in [-0.4, -0.2) is 48.1 Å². The Kier molecular flexibility index (Phi) is 12.7. The average Bonchev–Trinajstić information content (AvgIpc) is 3.87. The fraction of sp³-hybridized carbons (Fsp3) is 0.0784. The largest absolute Gasteiger partial charge is 0.508 e. The number of aromatic nitrogens is 2. The van der Waals surface area contributed by atoms with Gasteiger partial charge in [0.25, 0.3) is 17.7 Å². The molecule has 9 N–H and O–H groups in total. The zero-order valence-electron chi connectivity index (χ0n) is 34.7. The molecule has 0 aliphatic heterocycles. The lowest BCUT2D eigenvalue weighted by Gasteiger charge is -2.09. The number of benzene rings is 7.